The summed E-state index contributed by atoms with van der Waals surface area (Å²) in [6.07, 6.45) is 0.321. The first kappa shape index (κ1) is 16.3. The van der Waals surface area contributed by atoms with Crippen molar-refractivity contribution in [1.29, 1.82) is 0 Å². The van der Waals surface area contributed by atoms with Crippen LogP contribution in [0.15, 0.2) is 53.4 Å². The van der Waals surface area contributed by atoms with E-state index in [1.54, 1.807) is 36.0 Å². The minimum absolute atomic E-state index is 0.0138. The molecule has 2 aromatic carbocycles. The molecule has 114 valence electrons. The number of hydrogen-bond donors (Lipinski definition) is 1. The largest absolute Gasteiger partial charge is 0.326 e. The molecule has 0 aromatic heterocycles. The molecule has 4 heteroatoms. The summed E-state index contributed by atoms with van der Waals surface area (Å²) in [7, 11) is 0. The first-order valence-electron chi connectivity index (χ1n) is 7.21. The first-order chi connectivity index (χ1) is 10.6. The second kappa shape index (κ2) is 7.80. The predicted molar refractivity (Wildman–Crippen MR) is 91.6 cm³/mol. The molecule has 2 aromatic rings. The fraction of sp³-hybridized carbons (Fsp3) is 0.222. The predicted octanol–water partition coefficient (Wildman–Crippen LogP) is 4.18. The van der Waals surface area contributed by atoms with Gasteiger partial charge >= 0.3 is 0 Å². The molecule has 0 saturated carbocycles. The van der Waals surface area contributed by atoms with Crippen LogP contribution in [0.2, 0.25) is 0 Å². The first-order valence-corrected chi connectivity index (χ1v) is 8.19. The van der Waals surface area contributed by atoms with Crippen LogP contribution in [-0.4, -0.2) is 17.4 Å². The summed E-state index contributed by atoms with van der Waals surface area (Å²) in [5.74, 6) is 0.934. The number of thioether (sulfide) groups is 1. The van der Waals surface area contributed by atoms with Gasteiger partial charge in [-0.25, -0.2) is 0 Å². The van der Waals surface area contributed by atoms with E-state index in [0.29, 0.717) is 17.7 Å². The molecule has 2 rings (SSSR count). The number of benzene rings is 2. The lowest BCUT2D eigenvalue weighted by Gasteiger charge is -2.07. The number of amides is 1. The highest BCUT2D eigenvalue weighted by Crippen LogP contribution is 2.18. The topological polar surface area (TPSA) is 46.2 Å². The van der Waals surface area contributed by atoms with Gasteiger partial charge in [0.05, 0.1) is 6.42 Å². The molecule has 3 nitrogen and oxygen atoms in total. The lowest BCUT2D eigenvalue weighted by atomic mass is 10.1. The number of anilines is 1. The van der Waals surface area contributed by atoms with Crippen LogP contribution in [0.1, 0.15) is 29.8 Å². The van der Waals surface area contributed by atoms with Crippen molar-refractivity contribution in [3.8, 4) is 0 Å². The molecule has 1 amide bonds. The van der Waals surface area contributed by atoms with Gasteiger partial charge in [0.15, 0.2) is 5.78 Å². The van der Waals surface area contributed by atoms with Gasteiger partial charge in [0.25, 0.3) is 0 Å². The highest BCUT2D eigenvalue weighted by Gasteiger charge is 2.06. The second-order valence-corrected chi connectivity index (χ2v) is 6.28. The Morgan fingerprint density at radius 1 is 1.09 bits per heavy atom. The van der Waals surface area contributed by atoms with Crippen molar-refractivity contribution in [2.24, 2.45) is 0 Å². The van der Waals surface area contributed by atoms with Gasteiger partial charge in [-0.2, -0.15) is 0 Å². The van der Waals surface area contributed by atoms with Gasteiger partial charge in [-0.1, -0.05) is 31.2 Å². The smallest absolute Gasteiger partial charge is 0.228 e. The van der Waals surface area contributed by atoms with Gasteiger partial charge in [-0.05, 0) is 42.5 Å². The Morgan fingerprint density at radius 2 is 1.82 bits per heavy atom. The van der Waals surface area contributed by atoms with E-state index in [9.17, 15) is 9.59 Å². The molecule has 0 saturated heterocycles. The summed E-state index contributed by atoms with van der Waals surface area (Å²) in [6.45, 7) is 3.62. The molecule has 0 heterocycles. The Kier molecular flexibility index (Phi) is 5.78. The standard InChI is InChI=1S/C18H19NO2S/c1-3-22-17-9-7-14(8-10-17)11-18(21)19-16-6-4-5-15(12-16)13(2)20/h4-10,12H,3,11H2,1-2H3,(H,19,21). The van der Waals surface area contributed by atoms with E-state index < -0.39 is 0 Å². The van der Waals surface area contributed by atoms with E-state index >= 15 is 0 Å². The number of carbonyl (C=O) groups excluding carboxylic acids is 2. The normalized spacial score (nSPS) is 10.3. The van der Waals surface area contributed by atoms with Gasteiger partial charge < -0.3 is 5.32 Å². The van der Waals surface area contributed by atoms with Gasteiger partial charge in [0.2, 0.25) is 5.91 Å². The van der Waals surface area contributed by atoms with E-state index in [4.69, 9.17) is 0 Å². The monoisotopic (exact) mass is 313 g/mol. The lowest BCUT2D eigenvalue weighted by Crippen LogP contribution is -2.14. The molecule has 0 bridgehead atoms. The van der Waals surface area contributed by atoms with Gasteiger partial charge in [0, 0.05) is 16.1 Å². The van der Waals surface area contributed by atoms with Crippen molar-refractivity contribution in [1.82, 2.24) is 0 Å². The number of nitrogens with one attached hydrogen (secondary N) is 1. The summed E-state index contributed by atoms with van der Waals surface area (Å²) >= 11 is 1.78. The fourth-order valence-electron chi connectivity index (χ4n) is 2.08. The molecular weight excluding hydrogens is 294 g/mol. The van der Waals surface area contributed by atoms with E-state index in [-0.39, 0.29) is 11.7 Å². The minimum atomic E-state index is -0.0865. The summed E-state index contributed by atoms with van der Waals surface area (Å²) < 4.78 is 0. The number of carbonyl (C=O) groups is 2. The Labute approximate surface area is 135 Å². The van der Waals surface area contributed by atoms with Crippen molar-refractivity contribution in [2.45, 2.75) is 25.2 Å². The van der Waals surface area contributed by atoms with Gasteiger partial charge in [0.1, 0.15) is 0 Å². The maximum atomic E-state index is 12.1. The van der Waals surface area contributed by atoms with Crippen molar-refractivity contribution in [2.75, 3.05) is 11.1 Å². The SMILES string of the molecule is CCSc1ccc(CC(=O)Nc2cccc(C(C)=O)c2)cc1. The zero-order valence-corrected chi connectivity index (χ0v) is 13.6. The third-order valence-corrected chi connectivity index (χ3v) is 4.05. The van der Waals surface area contributed by atoms with Crippen LogP contribution in [0.3, 0.4) is 0 Å². The van der Waals surface area contributed by atoms with Crippen LogP contribution >= 0.6 is 11.8 Å². The molecule has 0 radical (unpaired) electrons. The maximum Gasteiger partial charge on any atom is 0.228 e. The Balaban J connectivity index is 1.97. The van der Waals surface area contributed by atoms with E-state index in [2.05, 4.69) is 12.2 Å². The average molecular weight is 313 g/mol. The highest BCUT2D eigenvalue weighted by atomic mass is 32.2. The molecule has 0 aliphatic heterocycles. The summed E-state index contributed by atoms with van der Waals surface area (Å²) in [5, 5.41) is 2.83. The summed E-state index contributed by atoms with van der Waals surface area (Å²) in [4.78, 5) is 24.6. The highest BCUT2D eigenvalue weighted by molar-refractivity contribution is 7.99. The molecule has 1 N–H and O–H groups in total. The Morgan fingerprint density at radius 3 is 2.45 bits per heavy atom. The van der Waals surface area contributed by atoms with Crippen LogP contribution in [0.5, 0.6) is 0 Å². The average Bonchev–Trinajstić information content (AvgIpc) is 2.49. The summed E-state index contributed by atoms with van der Waals surface area (Å²) in [6, 6.07) is 15.0. The maximum absolute atomic E-state index is 12.1. The van der Waals surface area contributed by atoms with Crippen LogP contribution in [-0.2, 0) is 11.2 Å². The third kappa shape index (κ3) is 4.74. The number of Topliss-reactive ketones (excluding diaryl/α,β-unsaturated/α-hetero) is 1. The fourth-order valence-corrected chi connectivity index (χ4v) is 2.74. The van der Waals surface area contributed by atoms with Crippen LogP contribution in [0, 0.1) is 0 Å². The Hall–Kier alpha value is -2.07. The molecule has 0 aliphatic rings. The summed E-state index contributed by atoms with van der Waals surface area (Å²) in [5.41, 5.74) is 2.22. The number of rotatable bonds is 6. The molecule has 0 fully saturated rings. The Bertz CT molecular complexity index is 665. The van der Waals surface area contributed by atoms with Crippen LogP contribution in [0.25, 0.3) is 0 Å². The third-order valence-electron chi connectivity index (χ3n) is 3.15. The zero-order valence-electron chi connectivity index (χ0n) is 12.8. The van der Waals surface area contributed by atoms with Crippen molar-refractivity contribution < 1.29 is 9.59 Å². The number of hydrogen-bond acceptors (Lipinski definition) is 3. The van der Waals surface area contributed by atoms with Crippen LogP contribution < -0.4 is 5.32 Å². The molecule has 22 heavy (non-hydrogen) atoms. The molecule has 0 unspecified atom stereocenters. The molecular formula is C18H19NO2S. The lowest BCUT2D eigenvalue weighted by molar-refractivity contribution is -0.115. The van der Waals surface area contributed by atoms with Crippen LogP contribution in [0.4, 0.5) is 5.69 Å². The van der Waals surface area contributed by atoms with E-state index in [0.717, 1.165) is 11.3 Å². The van der Waals surface area contributed by atoms with Crippen molar-refractivity contribution in [3.63, 3.8) is 0 Å². The van der Waals surface area contributed by atoms with Crippen molar-refractivity contribution in [3.05, 3.63) is 59.7 Å². The second-order valence-electron chi connectivity index (χ2n) is 4.94. The molecule has 0 atom stereocenters. The van der Waals surface area contributed by atoms with Gasteiger partial charge in [-0.3, -0.25) is 9.59 Å². The van der Waals surface area contributed by atoms with Gasteiger partial charge in [-0.15, -0.1) is 11.8 Å². The molecule has 0 aliphatic carbocycles. The number of ketones is 1. The van der Waals surface area contributed by atoms with E-state index in [1.165, 1.54) is 11.8 Å². The zero-order chi connectivity index (χ0) is 15.9. The molecule has 0 spiro atoms. The van der Waals surface area contributed by atoms with E-state index in [1.807, 2.05) is 24.3 Å². The quantitative estimate of drug-likeness (QED) is 0.643. The minimum Gasteiger partial charge on any atom is -0.326 e. The van der Waals surface area contributed by atoms with Crippen molar-refractivity contribution >= 4 is 29.1 Å².